The van der Waals surface area contributed by atoms with Crippen LogP contribution in [0.5, 0.6) is 0 Å². The van der Waals surface area contributed by atoms with Crippen LogP contribution >= 0.6 is 11.8 Å². The van der Waals surface area contributed by atoms with E-state index in [0.717, 1.165) is 11.3 Å². The van der Waals surface area contributed by atoms with Gasteiger partial charge in [0.1, 0.15) is 6.33 Å². The Labute approximate surface area is 170 Å². The summed E-state index contributed by atoms with van der Waals surface area (Å²) in [4.78, 5) is 34.4. The van der Waals surface area contributed by atoms with Crippen molar-refractivity contribution in [2.75, 3.05) is 5.32 Å². The van der Waals surface area contributed by atoms with Gasteiger partial charge in [0, 0.05) is 5.69 Å². The summed E-state index contributed by atoms with van der Waals surface area (Å²) >= 11 is 1.18. The van der Waals surface area contributed by atoms with E-state index in [-0.39, 0.29) is 17.4 Å². The average Bonchev–Trinajstić information content (AvgIpc) is 3.22. The van der Waals surface area contributed by atoms with E-state index in [2.05, 4.69) is 25.5 Å². The highest BCUT2D eigenvalue weighted by atomic mass is 32.2. The predicted molar refractivity (Wildman–Crippen MR) is 112 cm³/mol. The Bertz CT molecular complexity index is 1240. The van der Waals surface area contributed by atoms with Crippen molar-refractivity contribution in [3.8, 4) is 5.95 Å². The Morgan fingerprint density at radius 1 is 1.21 bits per heavy atom. The van der Waals surface area contributed by atoms with Gasteiger partial charge >= 0.3 is 0 Å². The number of nitrogens with zero attached hydrogens (tertiary/aromatic N) is 4. The lowest BCUT2D eigenvalue weighted by molar-refractivity contribution is -0.115. The molecule has 4 rings (SSSR count). The molecule has 0 bridgehead atoms. The van der Waals surface area contributed by atoms with Gasteiger partial charge in [0.15, 0.2) is 5.16 Å². The molecule has 1 atom stereocenters. The molecule has 29 heavy (non-hydrogen) atoms. The molecule has 146 valence electrons. The zero-order valence-electron chi connectivity index (χ0n) is 15.8. The first-order chi connectivity index (χ1) is 14.0. The van der Waals surface area contributed by atoms with E-state index >= 15 is 0 Å². The van der Waals surface area contributed by atoms with Crippen LogP contribution in [0.4, 0.5) is 5.69 Å². The van der Waals surface area contributed by atoms with Crippen LogP contribution in [0.2, 0.25) is 0 Å². The van der Waals surface area contributed by atoms with E-state index in [4.69, 9.17) is 0 Å². The average molecular weight is 406 g/mol. The van der Waals surface area contributed by atoms with Crippen LogP contribution < -0.4 is 10.9 Å². The summed E-state index contributed by atoms with van der Waals surface area (Å²) in [6.45, 7) is 3.73. The molecule has 0 saturated heterocycles. The zero-order valence-corrected chi connectivity index (χ0v) is 16.6. The largest absolute Gasteiger partial charge is 0.325 e. The Hall–Kier alpha value is -3.46. The number of benzene rings is 2. The number of H-pyrrole nitrogens is 1. The van der Waals surface area contributed by atoms with E-state index in [0.29, 0.717) is 16.1 Å². The molecule has 0 unspecified atom stereocenters. The fourth-order valence-corrected chi connectivity index (χ4v) is 3.77. The van der Waals surface area contributed by atoms with Crippen LogP contribution in [-0.2, 0) is 4.79 Å². The fraction of sp³-hybridized carbons (Fsp3) is 0.150. The number of hydrogen-bond acceptors (Lipinski definition) is 6. The molecule has 9 heteroatoms. The normalized spacial score (nSPS) is 12.1. The summed E-state index contributed by atoms with van der Waals surface area (Å²) in [5.41, 5.74) is 2.06. The van der Waals surface area contributed by atoms with E-state index < -0.39 is 5.25 Å². The van der Waals surface area contributed by atoms with Gasteiger partial charge in [-0.3, -0.25) is 9.59 Å². The lowest BCUT2D eigenvalue weighted by Gasteiger charge is -2.15. The number of thioether (sulfide) groups is 1. The molecule has 2 heterocycles. The Kier molecular flexibility index (Phi) is 5.13. The molecule has 0 aliphatic carbocycles. The number of aromatic nitrogens is 5. The Morgan fingerprint density at radius 3 is 2.79 bits per heavy atom. The van der Waals surface area contributed by atoms with Crippen LogP contribution in [0.15, 0.2) is 64.8 Å². The van der Waals surface area contributed by atoms with Crippen molar-refractivity contribution in [1.29, 1.82) is 0 Å². The van der Waals surface area contributed by atoms with Gasteiger partial charge in [-0.15, -0.1) is 0 Å². The topological polar surface area (TPSA) is 106 Å². The molecule has 4 aromatic rings. The third-order valence-corrected chi connectivity index (χ3v) is 5.35. The smallest absolute Gasteiger partial charge is 0.269 e. The highest BCUT2D eigenvalue weighted by Crippen LogP contribution is 2.25. The molecule has 0 fully saturated rings. The van der Waals surface area contributed by atoms with Crippen molar-refractivity contribution < 1.29 is 4.79 Å². The molecule has 2 N–H and O–H groups in total. The summed E-state index contributed by atoms with van der Waals surface area (Å²) in [6.07, 6.45) is 1.32. The van der Waals surface area contributed by atoms with Crippen molar-refractivity contribution in [3.63, 3.8) is 0 Å². The van der Waals surface area contributed by atoms with Crippen molar-refractivity contribution in [2.45, 2.75) is 24.3 Å². The van der Waals surface area contributed by atoms with Crippen molar-refractivity contribution in [2.24, 2.45) is 0 Å². The molecule has 0 spiro atoms. The molecule has 0 aliphatic heterocycles. The van der Waals surface area contributed by atoms with Crippen LogP contribution in [0.1, 0.15) is 12.5 Å². The molecule has 2 aromatic heterocycles. The number of fused-ring (bicyclic) bond motifs is 1. The highest BCUT2D eigenvalue weighted by Gasteiger charge is 2.21. The van der Waals surface area contributed by atoms with Gasteiger partial charge in [0.05, 0.1) is 16.2 Å². The minimum atomic E-state index is -0.502. The van der Waals surface area contributed by atoms with Crippen molar-refractivity contribution in [1.82, 2.24) is 24.7 Å². The van der Waals surface area contributed by atoms with Crippen molar-refractivity contribution >= 4 is 34.3 Å². The summed E-state index contributed by atoms with van der Waals surface area (Å²) in [5.74, 6) is 0.0640. The second kappa shape index (κ2) is 7.88. The minimum absolute atomic E-state index is 0.188. The van der Waals surface area contributed by atoms with Crippen LogP contribution in [0.3, 0.4) is 0 Å². The number of aromatic amines is 1. The Morgan fingerprint density at radius 2 is 2.03 bits per heavy atom. The number of rotatable bonds is 5. The number of anilines is 1. The maximum absolute atomic E-state index is 13.0. The number of aryl methyl sites for hydroxylation is 1. The fourth-order valence-electron chi connectivity index (χ4n) is 2.86. The standard InChI is InChI=1S/C20H18N6O2S/c1-12-6-5-7-14(10-12)23-17(27)13(2)29-20-24-16-9-4-3-8-15(16)18(28)26(20)19-21-11-22-25-19/h3-11,13H,1-2H3,(H,23,27)(H,21,22,25)/t13-/m0/s1. The molecule has 2 aromatic carbocycles. The first kappa shape index (κ1) is 18.9. The third kappa shape index (κ3) is 3.90. The number of amides is 1. The van der Waals surface area contributed by atoms with Crippen LogP contribution in [-0.4, -0.2) is 35.9 Å². The summed E-state index contributed by atoms with van der Waals surface area (Å²) in [6, 6.07) is 14.6. The van der Waals surface area contributed by atoms with E-state index in [1.54, 1.807) is 25.1 Å². The third-order valence-electron chi connectivity index (χ3n) is 4.30. The zero-order chi connectivity index (χ0) is 20.4. The summed E-state index contributed by atoms with van der Waals surface area (Å²) in [7, 11) is 0. The second-order valence-electron chi connectivity index (χ2n) is 6.48. The quantitative estimate of drug-likeness (QED) is 0.390. The number of hydrogen-bond donors (Lipinski definition) is 2. The van der Waals surface area contributed by atoms with Gasteiger partial charge in [-0.2, -0.15) is 10.1 Å². The molecule has 0 saturated carbocycles. The van der Waals surface area contributed by atoms with Gasteiger partial charge in [0.2, 0.25) is 11.9 Å². The lowest BCUT2D eigenvalue weighted by Crippen LogP contribution is -2.26. The van der Waals surface area contributed by atoms with Gasteiger partial charge in [0.25, 0.3) is 5.56 Å². The highest BCUT2D eigenvalue weighted by molar-refractivity contribution is 8.00. The Balaban J connectivity index is 1.69. The monoisotopic (exact) mass is 406 g/mol. The van der Waals surface area contributed by atoms with E-state index in [1.807, 2.05) is 37.3 Å². The summed E-state index contributed by atoms with van der Waals surface area (Å²) < 4.78 is 1.34. The van der Waals surface area contributed by atoms with Crippen molar-refractivity contribution in [3.05, 3.63) is 70.8 Å². The molecular formula is C20H18N6O2S. The van der Waals surface area contributed by atoms with Crippen LogP contribution in [0.25, 0.3) is 16.9 Å². The molecule has 1 amide bonds. The lowest BCUT2D eigenvalue weighted by atomic mass is 10.2. The van der Waals surface area contributed by atoms with Gasteiger partial charge in [-0.05, 0) is 43.7 Å². The summed E-state index contributed by atoms with van der Waals surface area (Å²) in [5, 5.41) is 9.74. The number of carbonyl (C=O) groups is 1. The van der Waals surface area contributed by atoms with Gasteiger partial charge < -0.3 is 5.32 Å². The predicted octanol–water partition coefficient (Wildman–Crippen LogP) is 2.93. The number of para-hydroxylation sites is 1. The van der Waals surface area contributed by atoms with Gasteiger partial charge in [-0.25, -0.2) is 14.6 Å². The molecular weight excluding hydrogens is 388 g/mol. The second-order valence-corrected chi connectivity index (χ2v) is 7.79. The maximum atomic E-state index is 13.0. The number of nitrogens with one attached hydrogen (secondary N) is 2. The number of carbonyl (C=O) groups excluding carboxylic acids is 1. The van der Waals surface area contributed by atoms with Crippen LogP contribution in [0, 0.1) is 6.92 Å². The first-order valence-electron chi connectivity index (χ1n) is 8.94. The SMILES string of the molecule is Cc1cccc(NC(=O)[C@H](C)Sc2nc3ccccc3c(=O)n2-c2ncn[nH]2)c1. The van der Waals surface area contributed by atoms with Gasteiger partial charge in [-0.1, -0.05) is 36.0 Å². The van der Waals surface area contributed by atoms with E-state index in [9.17, 15) is 9.59 Å². The minimum Gasteiger partial charge on any atom is -0.325 e. The first-order valence-corrected chi connectivity index (χ1v) is 9.82. The van der Waals surface area contributed by atoms with E-state index in [1.165, 1.54) is 22.7 Å². The molecule has 8 nitrogen and oxygen atoms in total. The maximum Gasteiger partial charge on any atom is 0.269 e. The molecule has 0 radical (unpaired) electrons. The molecule has 0 aliphatic rings.